The fraction of sp³-hybridized carbons (Fsp3) is 0.125. The summed E-state index contributed by atoms with van der Waals surface area (Å²) in [4.78, 5) is 0. The van der Waals surface area contributed by atoms with Gasteiger partial charge in [0.2, 0.25) is 6.71 Å². The highest BCUT2D eigenvalue weighted by Crippen LogP contribution is 2.42. The van der Waals surface area contributed by atoms with Gasteiger partial charge in [0, 0.05) is 35.1 Å². The standard InChI is InChI=1S/C48H38B3N3O2S/c1-25-15-29(5)46-38(16-25)52-36-23-37-33(21-32(36)49(46)30-12-8-7-11-28(30)4)51-35-22-34-40(24-43(35)56-44-19-26(2)17-39(53-37)47(44)51)54(57-6)41-18-27(3)20-45-48(41)50(34)31-13-9-10-14-42(31)55-45/h7-24,52-53H,1-6H3. The SMILES string of the molecule is CSN1c2cc3c(cc2B2c4ccccc4Oc4cc(C)cc1c42)B1c2cc4c(cc2Nc2cc(C)cc(c21)O3)Nc1cc(C)cc(C)c1B4c1ccccc1C. The van der Waals surface area contributed by atoms with E-state index in [1.165, 1.54) is 82.8 Å². The third-order valence-electron chi connectivity index (χ3n) is 12.9. The van der Waals surface area contributed by atoms with E-state index in [0.29, 0.717) is 0 Å². The lowest BCUT2D eigenvalue weighted by Gasteiger charge is -2.41. The number of para-hydroxylation sites is 1. The molecule has 0 saturated heterocycles. The molecular weight excluding hydrogens is 715 g/mol. The van der Waals surface area contributed by atoms with E-state index in [1.807, 2.05) is 0 Å². The molecule has 2 N–H and O–H groups in total. The molecule has 0 radical (unpaired) electrons. The Morgan fingerprint density at radius 2 is 1.04 bits per heavy atom. The molecule has 57 heavy (non-hydrogen) atoms. The Bertz CT molecular complexity index is 2970. The number of nitrogens with zero attached hydrogens (tertiary/aromatic N) is 1. The van der Waals surface area contributed by atoms with Crippen LogP contribution in [0.25, 0.3) is 0 Å². The first-order chi connectivity index (χ1) is 27.7. The summed E-state index contributed by atoms with van der Waals surface area (Å²) in [7, 11) is 0. The van der Waals surface area contributed by atoms with Crippen LogP contribution in [0.1, 0.15) is 27.8 Å². The van der Waals surface area contributed by atoms with Gasteiger partial charge in [-0.3, -0.25) is 4.31 Å². The van der Waals surface area contributed by atoms with Crippen LogP contribution in [-0.4, -0.2) is 26.4 Å². The largest absolute Gasteiger partial charge is 0.458 e. The molecule has 5 aliphatic heterocycles. The molecule has 0 aliphatic carbocycles. The fourth-order valence-corrected chi connectivity index (χ4v) is 11.4. The second kappa shape index (κ2) is 11.8. The minimum atomic E-state index is -0.0408. The third-order valence-corrected chi connectivity index (χ3v) is 13.7. The second-order valence-corrected chi connectivity index (χ2v) is 17.3. The highest BCUT2D eigenvalue weighted by Gasteiger charge is 2.46. The Kier molecular flexibility index (Phi) is 6.89. The Morgan fingerprint density at radius 1 is 0.439 bits per heavy atom. The number of nitrogens with one attached hydrogen (secondary N) is 2. The number of fused-ring (bicyclic) bond motifs is 10. The molecule has 5 nitrogen and oxygen atoms in total. The molecule has 0 aromatic heterocycles. The van der Waals surface area contributed by atoms with Gasteiger partial charge in [0.05, 0.1) is 11.4 Å². The molecule has 0 bridgehead atoms. The van der Waals surface area contributed by atoms with Crippen molar-refractivity contribution in [3.8, 4) is 23.0 Å². The van der Waals surface area contributed by atoms with Crippen molar-refractivity contribution in [2.45, 2.75) is 34.6 Å². The molecule has 7 aromatic rings. The van der Waals surface area contributed by atoms with Gasteiger partial charge in [-0.1, -0.05) is 77.3 Å². The molecule has 0 unspecified atom stereocenters. The van der Waals surface area contributed by atoms with Crippen molar-refractivity contribution in [3.05, 3.63) is 137 Å². The number of benzene rings is 7. The Hall–Kier alpha value is -5.92. The summed E-state index contributed by atoms with van der Waals surface area (Å²) >= 11 is 1.73. The van der Waals surface area contributed by atoms with Gasteiger partial charge in [0.15, 0.2) is 0 Å². The van der Waals surface area contributed by atoms with Gasteiger partial charge < -0.3 is 20.1 Å². The zero-order valence-electron chi connectivity index (χ0n) is 32.8. The number of anilines is 6. The minimum absolute atomic E-state index is 0.0189. The van der Waals surface area contributed by atoms with E-state index >= 15 is 0 Å². The predicted octanol–water partition coefficient (Wildman–Crippen LogP) is 5.83. The van der Waals surface area contributed by atoms with Crippen LogP contribution in [0.2, 0.25) is 0 Å². The van der Waals surface area contributed by atoms with E-state index in [1.54, 1.807) is 11.9 Å². The first kappa shape index (κ1) is 33.2. The van der Waals surface area contributed by atoms with E-state index in [9.17, 15) is 0 Å². The zero-order chi connectivity index (χ0) is 38.4. The number of hydrogen-bond acceptors (Lipinski definition) is 6. The van der Waals surface area contributed by atoms with Gasteiger partial charge in [-0.25, -0.2) is 0 Å². The maximum absolute atomic E-state index is 7.05. The molecule has 7 aromatic carbocycles. The predicted molar refractivity (Wildman–Crippen MR) is 245 cm³/mol. The number of hydrogen-bond donors (Lipinski definition) is 2. The van der Waals surface area contributed by atoms with Crippen LogP contribution in [0.15, 0.2) is 109 Å². The summed E-state index contributed by atoms with van der Waals surface area (Å²) in [5.41, 5.74) is 24.5. The van der Waals surface area contributed by atoms with Gasteiger partial charge in [0.1, 0.15) is 23.0 Å². The minimum Gasteiger partial charge on any atom is -0.458 e. The molecule has 0 saturated carbocycles. The summed E-state index contributed by atoms with van der Waals surface area (Å²) in [5, 5.41) is 7.83. The fourth-order valence-electron chi connectivity index (χ4n) is 10.7. The molecule has 0 fully saturated rings. The van der Waals surface area contributed by atoms with E-state index < -0.39 is 0 Å². The molecule has 12 rings (SSSR count). The quantitative estimate of drug-likeness (QED) is 0.171. The van der Waals surface area contributed by atoms with Crippen LogP contribution >= 0.6 is 11.9 Å². The van der Waals surface area contributed by atoms with Crippen molar-refractivity contribution >= 4 is 115 Å². The summed E-state index contributed by atoms with van der Waals surface area (Å²) in [6.07, 6.45) is 2.16. The van der Waals surface area contributed by atoms with E-state index in [4.69, 9.17) is 9.47 Å². The molecule has 5 aliphatic rings. The van der Waals surface area contributed by atoms with Crippen LogP contribution in [0, 0.1) is 34.6 Å². The van der Waals surface area contributed by atoms with Crippen LogP contribution in [0.3, 0.4) is 0 Å². The zero-order valence-corrected chi connectivity index (χ0v) is 33.6. The molecule has 272 valence electrons. The Morgan fingerprint density at radius 3 is 1.79 bits per heavy atom. The maximum Gasteiger partial charge on any atom is 0.256 e. The van der Waals surface area contributed by atoms with Gasteiger partial charge in [0.25, 0.3) is 13.4 Å². The van der Waals surface area contributed by atoms with E-state index in [2.05, 4.69) is 165 Å². The Labute approximate surface area is 339 Å². The first-order valence-corrected chi connectivity index (χ1v) is 21.1. The van der Waals surface area contributed by atoms with E-state index in [0.717, 1.165) is 51.3 Å². The summed E-state index contributed by atoms with van der Waals surface area (Å²) in [6, 6.07) is 40.8. The third kappa shape index (κ3) is 4.63. The Balaban J connectivity index is 1.12. The number of ether oxygens (including phenoxy) is 2. The maximum atomic E-state index is 7.05. The monoisotopic (exact) mass is 753 g/mol. The number of rotatable bonds is 2. The smallest absolute Gasteiger partial charge is 0.256 e. The average molecular weight is 753 g/mol. The molecule has 0 spiro atoms. The van der Waals surface area contributed by atoms with Gasteiger partial charge in [-0.05, 0) is 149 Å². The normalized spacial score (nSPS) is 14.3. The molecular formula is C48H38B3N3O2S. The van der Waals surface area contributed by atoms with Crippen LogP contribution in [0.4, 0.5) is 34.1 Å². The molecule has 0 atom stereocenters. The highest BCUT2D eigenvalue weighted by molar-refractivity contribution is 8.00. The second-order valence-electron chi connectivity index (χ2n) is 16.6. The lowest BCUT2D eigenvalue weighted by atomic mass is 9.29. The van der Waals surface area contributed by atoms with E-state index in [-0.39, 0.29) is 20.1 Å². The van der Waals surface area contributed by atoms with Gasteiger partial charge >= 0.3 is 0 Å². The topological polar surface area (TPSA) is 45.8 Å². The average Bonchev–Trinajstić information content (AvgIpc) is 3.18. The van der Waals surface area contributed by atoms with Crippen molar-refractivity contribution < 1.29 is 9.47 Å². The first-order valence-electron chi connectivity index (χ1n) is 19.9. The van der Waals surface area contributed by atoms with Crippen molar-refractivity contribution in [1.82, 2.24) is 0 Å². The van der Waals surface area contributed by atoms with Crippen molar-refractivity contribution in [2.75, 3.05) is 21.2 Å². The molecule has 5 heterocycles. The van der Waals surface area contributed by atoms with Crippen LogP contribution in [0.5, 0.6) is 23.0 Å². The summed E-state index contributed by atoms with van der Waals surface area (Å²) in [5.74, 6) is 3.70. The molecule has 9 heteroatoms. The lowest BCUT2D eigenvalue weighted by molar-refractivity contribution is 0.487. The summed E-state index contributed by atoms with van der Waals surface area (Å²) < 4.78 is 16.1. The van der Waals surface area contributed by atoms with Crippen LogP contribution < -0.4 is 73.6 Å². The molecule has 0 amide bonds. The van der Waals surface area contributed by atoms with Crippen molar-refractivity contribution in [2.24, 2.45) is 0 Å². The van der Waals surface area contributed by atoms with Gasteiger partial charge in [-0.15, -0.1) is 0 Å². The lowest BCUT2D eigenvalue weighted by Crippen LogP contribution is -2.64. The summed E-state index contributed by atoms with van der Waals surface area (Å²) in [6.45, 7) is 11.1. The van der Waals surface area contributed by atoms with Crippen molar-refractivity contribution in [1.29, 1.82) is 0 Å². The van der Waals surface area contributed by atoms with Gasteiger partial charge in [-0.2, -0.15) is 0 Å². The number of aryl methyl sites for hydroxylation is 5. The highest BCUT2D eigenvalue weighted by atomic mass is 32.2. The van der Waals surface area contributed by atoms with Crippen LogP contribution in [-0.2, 0) is 0 Å². The van der Waals surface area contributed by atoms with Crippen molar-refractivity contribution in [3.63, 3.8) is 0 Å².